The first-order valence-electron chi connectivity index (χ1n) is 8.35. The van der Waals surface area contributed by atoms with Crippen LogP contribution in [0.1, 0.15) is 23.1 Å². The molecule has 3 rings (SSSR count). The maximum Gasteiger partial charge on any atom is 0.228 e. The standard InChI is InChI=1S/C20H21FN2O2/c1-12-6-5-7-13(2)18(12)23-20(25)16-10-15(16)19(24)22-11-14-8-3-4-9-17(14)21/h3-9,15-16H,10-11H2,1-2H3,(H,22,24)(H,23,25). The molecule has 1 fully saturated rings. The van der Waals surface area contributed by atoms with E-state index in [0.717, 1.165) is 16.8 Å². The fraction of sp³-hybridized carbons (Fsp3) is 0.300. The van der Waals surface area contributed by atoms with Crippen LogP contribution in [0.5, 0.6) is 0 Å². The van der Waals surface area contributed by atoms with Gasteiger partial charge in [-0.3, -0.25) is 9.59 Å². The topological polar surface area (TPSA) is 58.2 Å². The lowest BCUT2D eigenvalue weighted by Gasteiger charge is -2.11. The van der Waals surface area contributed by atoms with Crippen LogP contribution in [0.3, 0.4) is 0 Å². The van der Waals surface area contributed by atoms with Crippen LogP contribution in [-0.4, -0.2) is 11.8 Å². The third kappa shape index (κ3) is 3.87. The molecule has 0 aromatic heterocycles. The molecule has 0 bridgehead atoms. The van der Waals surface area contributed by atoms with Gasteiger partial charge >= 0.3 is 0 Å². The van der Waals surface area contributed by atoms with Gasteiger partial charge in [-0.05, 0) is 37.5 Å². The van der Waals surface area contributed by atoms with Crippen LogP contribution in [0.2, 0.25) is 0 Å². The zero-order valence-corrected chi connectivity index (χ0v) is 14.3. The summed E-state index contributed by atoms with van der Waals surface area (Å²) in [6.07, 6.45) is 0.528. The van der Waals surface area contributed by atoms with Gasteiger partial charge in [0.1, 0.15) is 5.82 Å². The zero-order valence-electron chi connectivity index (χ0n) is 14.3. The number of nitrogens with one attached hydrogen (secondary N) is 2. The maximum atomic E-state index is 13.6. The molecule has 1 aliphatic carbocycles. The fourth-order valence-corrected chi connectivity index (χ4v) is 2.96. The van der Waals surface area contributed by atoms with Crippen molar-refractivity contribution >= 4 is 17.5 Å². The minimum Gasteiger partial charge on any atom is -0.352 e. The summed E-state index contributed by atoms with van der Waals surface area (Å²) in [6.45, 7) is 4.01. The average molecular weight is 340 g/mol. The highest BCUT2D eigenvalue weighted by Crippen LogP contribution is 2.40. The Labute approximate surface area is 146 Å². The molecule has 0 spiro atoms. The van der Waals surface area contributed by atoms with Gasteiger partial charge in [-0.2, -0.15) is 0 Å². The molecular weight excluding hydrogens is 319 g/mol. The number of hydrogen-bond acceptors (Lipinski definition) is 2. The van der Waals surface area contributed by atoms with Gasteiger partial charge in [0.2, 0.25) is 11.8 Å². The van der Waals surface area contributed by atoms with Crippen molar-refractivity contribution < 1.29 is 14.0 Å². The number of hydrogen-bond donors (Lipinski definition) is 2. The third-order valence-electron chi connectivity index (χ3n) is 4.60. The molecule has 0 radical (unpaired) electrons. The van der Waals surface area contributed by atoms with E-state index in [2.05, 4.69) is 10.6 Å². The summed E-state index contributed by atoms with van der Waals surface area (Å²) >= 11 is 0. The smallest absolute Gasteiger partial charge is 0.228 e. The van der Waals surface area contributed by atoms with E-state index in [1.807, 2.05) is 32.0 Å². The molecule has 2 aromatic carbocycles. The second kappa shape index (κ2) is 7.05. The lowest BCUT2D eigenvalue weighted by molar-refractivity contribution is -0.125. The Morgan fingerprint density at radius 2 is 1.64 bits per heavy atom. The number of carbonyl (C=O) groups excluding carboxylic acids is 2. The summed E-state index contributed by atoms with van der Waals surface area (Å²) in [7, 11) is 0. The highest BCUT2D eigenvalue weighted by Gasteiger charge is 2.48. The highest BCUT2D eigenvalue weighted by molar-refractivity contribution is 6.00. The molecular formula is C20H21FN2O2. The number of anilines is 1. The first-order chi connectivity index (χ1) is 12.0. The van der Waals surface area contributed by atoms with Gasteiger partial charge in [-0.1, -0.05) is 36.4 Å². The van der Waals surface area contributed by atoms with E-state index < -0.39 is 0 Å². The van der Waals surface area contributed by atoms with Crippen molar-refractivity contribution in [3.05, 3.63) is 65.0 Å². The number of para-hydroxylation sites is 1. The van der Waals surface area contributed by atoms with E-state index >= 15 is 0 Å². The SMILES string of the molecule is Cc1cccc(C)c1NC(=O)C1CC1C(=O)NCc1ccccc1F. The lowest BCUT2D eigenvalue weighted by Crippen LogP contribution is -2.27. The molecule has 5 heteroatoms. The molecule has 2 amide bonds. The summed E-state index contributed by atoms with van der Waals surface area (Å²) in [4.78, 5) is 24.5. The molecule has 2 N–H and O–H groups in total. The van der Waals surface area contributed by atoms with Crippen LogP contribution in [0.15, 0.2) is 42.5 Å². The molecule has 2 atom stereocenters. The quantitative estimate of drug-likeness (QED) is 0.877. The van der Waals surface area contributed by atoms with Gasteiger partial charge in [-0.25, -0.2) is 4.39 Å². The Balaban J connectivity index is 1.54. The minimum absolute atomic E-state index is 0.132. The van der Waals surface area contributed by atoms with Crippen LogP contribution in [-0.2, 0) is 16.1 Å². The fourth-order valence-electron chi connectivity index (χ4n) is 2.96. The van der Waals surface area contributed by atoms with Crippen molar-refractivity contribution in [3.63, 3.8) is 0 Å². The molecule has 130 valence electrons. The summed E-state index contributed by atoms with van der Waals surface area (Å²) in [5.41, 5.74) is 3.24. The second-order valence-electron chi connectivity index (χ2n) is 6.51. The molecule has 1 saturated carbocycles. The molecule has 0 heterocycles. The van der Waals surface area contributed by atoms with E-state index in [1.165, 1.54) is 6.07 Å². The van der Waals surface area contributed by atoms with Crippen LogP contribution in [0.4, 0.5) is 10.1 Å². The number of amides is 2. The van der Waals surface area contributed by atoms with Crippen molar-refractivity contribution in [3.8, 4) is 0 Å². The van der Waals surface area contributed by atoms with E-state index in [0.29, 0.717) is 12.0 Å². The van der Waals surface area contributed by atoms with Gasteiger partial charge in [0.25, 0.3) is 0 Å². The first kappa shape index (κ1) is 17.1. The van der Waals surface area contributed by atoms with Gasteiger partial charge in [0.15, 0.2) is 0 Å². The maximum absolute atomic E-state index is 13.6. The van der Waals surface area contributed by atoms with Crippen LogP contribution >= 0.6 is 0 Å². The molecule has 25 heavy (non-hydrogen) atoms. The van der Waals surface area contributed by atoms with Gasteiger partial charge in [0, 0.05) is 17.8 Å². The lowest BCUT2D eigenvalue weighted by atomic mass is 10.1. The Hall–Kier alpha value is -2.69. The number of rotatable bonds is 5. The predicted molar refractivity (Wildman–Crippen MR) is 94.4 cm³/mol. The third-order valence-corrected chi connectivity index (χ3v) is 4.60. The van der Waals surface area contributed by atoms with Crippen molar-refractivity contribution in [2.75, 3.05) is 5.32 Å². The largest absolute Gasteiger partial charge is 0.352 e. The molecule has 4 nitrogen and oxygen atoms in total. The molecule has 0 saturated heterocycles. The van der Waals surface area contributed by atoms with Crippen LogP contribution in [0, 0.1) is 31.5 Å². The van der Waals surface area contributed by atoms with E-state index in [1.54, 1.807) is 18.2 Å². The normalized spacial score (nSPS) is 18.5. The minimum atomic E-state index is -0.345. The Kier molecular flexibility index (Phi) is 4.83. The second-order valence-corrected chi connectivity index (χ2v) is 6.51. The monoisotopic (exact) mass is 340 g/mol. The van der Waals surface area contributed by atoms with Gasteiger partial charge in [0.05, 0.1) is 11.8 Å². The van der Waals surface area contributed by atoms with Crippen LogP contribution in [0.25, 0.3) is 0 Å². The molecule has 2 aromatic rings. The van der Waals surface area contributed by atoms with E-state index in [-0.39, 0.29) is 36.0 Å². The zero-order chi connectivity index (χ0) is 18.0. The average Bonchev–Trinajstić information content (AvgIpc) is 3.38. The first-order valence-corrected chi connectivity index (χ1v) is 8.35. The van der Waals surface area contributed by atoms with E-state index in [9.17, 15) is 14.0 Å². The van der Waals surface area contributed by atoms with Crippen molar-refractivity contribution in [1.82, 2.24) is 5.32 Å². The molecule has 1 aliphatic rings. The molecule has 2 unspecified atom stereocenters. The summed E-state index contributed by atoms with van der Waals surface area (Å²) in [5.74, 6) is -1.34. The predicted octanol–water partition coefficient (Wildman–Crippen LogP) is 3.33. The number of benzene rings is 2. The highest BCUT2D eigenvalue weighted by atomic mass is 19.1. The molecule has 0 aliphatic heterocycles. The number of aryl methyl sites for hydroxylation is 2. The van der Waals surface area contributed by atoms with Crippen molar-refractivity contribution in [2.24, 2.45) is 11.8 Å². The van der Waals surface area contributed by atoms with Gasteiger partial charge < -0.3 is 10.6 Å². The van der Waals surface area contributed by atoms with Crippen molar-refractivity contribution in [1.29, 1.82) is 0 Å². The van der Waals surface area contributed by atoms with E-state index in [4.69, 9.17) is 0 Å². The van der Waals surface area contributed by atoms with Crippen LogP contribution < -0.4 is 10.6 Å². The number of carbonyl (C=O) groups is 2. The van der Waals surface area contributed by atoms with Gasteiger partial charge in [-0.15, -0.1) is 0 Å². The summed E-state index contributed by atoms with van der Waals surface area (Å²) < 4.78 is 13.6. The number of halogens is 1. The van der Waals surface area contributed by atoms with Crippen molar-refractivity contribution in [2.45, 2.75) is 26.8 Å². The Morgan fingerprint density at radius 3 is 2.32 bits per heavy atom. The summed E-state index contributed by atoms with van der Waals surface area (Å²) in [6, 6.07) is 12.1. The Morgan fingerprint density at radius 1 is 1.00 bits per heavy atom. The Bertz CT molecular complexity index is 799. The summed E-state index contributed by atoms with van der Waals surface area (Å²) in [5, 5.41) is 5.64.